The van der Waals surface area contributed by atoms with Crippen molar-refractivity contribution in [1.29, 1.82) is 0 Å². The summed E-state index contributed by atoms with van der Waals surface area (Å²) < 4.78 is 21.9. The quantitative estimate of drug-likeness (QED) is 0.641. The third-order valence-electron chi connectivity index (χ3n) is 7.11. The van der Waals surface area contributed by atoms with Crippen LogP contribution in [0.3, 0.4) is 0 Å². The minimum atomic E-state index is -0.428. The van der Waals surface area contributed by atoms with E-state index < -0.39 is 5.82 Å². The summed E-state index contributed by atoms with van der Waals surface area (Å²) in [4.78, 5) is 32.0. The predicted molar refractivity (Wildman–Crippen MR) is 130 cm³/mol. The van der Waals surface area contributed by atoms with Crippen molar-refractivity contribution in [3.05, 3.63) is 46.0 Å². The summed E-state index contributed by atoms with van der Waals surface area (Å²) in [5.41, 5.74) is 2.92. The standard InChI is InChI=1S/C25H31ClFN5O3/c1-16-13-31(14-17(2)35-16)25(34)24-18-5-3-7-20(18)32(28-24)15-22(33)30-11-9-29(10-12-30)21-8-4-6-19(26)23(21)27/h4,6,8,16-17H,3,5,7,9-15H2,1-2H3/t16-,17+. The highest BCUT2D eigenvalue weighted by molar-refractivity contribution is 6.31. The monoisotopic (exact) mass is 503 g/mol. The van der Waals surface area contributed by atoms with Gasteiger partial charge in [-0.3, -0.25) is 14.3 Å². The molecule has 35 heavy (non-hydrogen) atoms. The Morgan fingerprint density at radius 1 is 1.09 bits per heavy atom. The lowest BCUT2D eigenvalue weighted by Crippen LogP contribution is -2.50. The van der Waals surface area contributed by atoms with Crippen molar-refractivity contribution in [1.82, 2.24) is 19.6 Å². The summed E-state index contributed by atoms with van der Waals surface area (Å²) in [5, 5.41) is 4.74. The molecule has 0 N–H and O–H groups in total. The Morgan fingerprint density at radius 3 is 2.51 bits per heavy atom. The van der Waals surface area contributed by atoms with Gasteiger partial charge in [0.1, 0.15) is 6.54 Å². The van der Waals surface area contributed by atoms with E-state index in [2.05, 4.69) is 5.10 Å². The van der Waals surface area contributed by atoms with E-state index in [0.29, 0.717) is 50.6 Å². The van der Waals surface area contributed by atoms with E-state index >= 15 is 0 Å². The van der Waals surface area contributed by atoms with Crippen molar-refractivity contribution < 1.29 is 18.7 Å². The zero-order valence-electron chi connectivity index (χ0n) is 20.2. The van der Waals surface area contributed by atoms with E-state index in [4.69, 9.17) is 16.3 Å². The number of amides is 2. The number of carbonyl (C=O) groups excluding carboxylic acids is 2. The van der Waals surface area contributed by atoms with Crippen LogP contribution < -0.4 is 4.90 Å². The summed E-state index contributed by atoms with van der Waals surface area (Å²) in [6.45, 7) is 7.16. The molecule has 3 aliphatic rings. The van der Waals surface area contributed by atoms with Crippen LogP contribution >= 0.6 is 11.6 Å². The van der Waals surface area contributed by atoms with Gasteiger partial charge in [0, 0.05) is 50.5 Å². The number of nitrogens with zero attached hydrogens (tertiary/aromatic N) is 5. The Morgan fingerprint density at radius 2 is 1.80 bits per heavy atom. The molecule has 0 saturated carbocycles. The smallest absolute Gasteiger partial charge is 0.274 e. The number of rotatable bonds is 4. The number of benzene rings is 1. The molecular formula is C25H31ClFN5O3. The fourth-order valence-corrected chi connectivity index (χ4v) is 5.64. The van der Waals surface area contributed by atoms with Crippen LogP contribution in [0.5, 0.6) is 0 Å². The lowest BCUT2D eigenvalue weighted by atomic mass is 10.1. The number of piperazine rings is 1. The lowest BCUT2D eigenvalue weighted by Gasteiger charge is -2.36. The van der Waals surface area contributed by atoms with Crippen LogP contribution in [-0.2, 0) is 28.9 Å². The van der Waals surface area contributed by atoms with Gasteiger partial charge in [-0.2, -0.15) is 5.10 Å². The van der Waals surface area contributed by atoms with Crippen molar-refractivity contribution >= 4 is 29.1 Å². The van der Waals surface area contributed by atoms with Crippen LogP contribution in [0.4, 0.5) is 10.1 Å². The number of halogens is 2. The van der Waals surface area contributed by atoms with Crippen LogP contribution in [0, 0.1) is 5.82 Å². The maximum Gasteiger partial charge on any atom is 0.274 e. The Labute approximate surface area is 209 Å². The molecule has 0 bridgehead atoms. The largest absolute Gasteiger partial charge is 0.372 e. The minimum absolute atomic E-state index is 0.0153. The third-order valence-corrected chi connectivity index (χ3v) is 7.40. The van der Waals surface area contributed by atoms with Gasteiger partial charge in [-0.15, -0.1) is 0 Å². The SMILES string of the molecule is C[C@@H]1CN(C(=O)c2nn(CC(=O)N3CCN(c4cccc(Cl)c4F)CC3)c3c2CCC3)C[C@H](C)O1. The second kappa shape index (κ2) is 9.78. The molecule has 188 valence electrons. The fraction of sp³-hybridized carbons (Fsp3) is 0.560. The molecule has 2 saturated heterocycles. The average Bonchev–Trinajstić information content (AvgIpc) is 3.44. The second-order valence-corrected chi connectivity index (χ2v) is 10.1. The molecule has 2 atom stereocenters. The molecule has 10 heteroatoms. The van der Waals surface area contributed by atoms with Crippen LogP contribution in [0.1, 0.15) is 42.0 Å². The molecular weight excluding hydrogens is 473 g/mol. The maximum atomic E-state index is 14.4. The van der Waals surface area contributed by atoms with E-state index in [0.717, 1.165) is 30.5 Å². The van der Waals surface area contributed by atoms with Gasteiger partial charge < -0.3 is 19.4 Å². The molecule has 2 aromatic rings. The first-order valence-corrected chi connectivity index (χ1v) is 12.7. The molecule has 1 aromatic heterocycles. The number of morpholine rings is 1. The van der Waals surface area contributed by atoms with Gasteiger partial charge in [-0.1, -0.05) is 17.7 Å². The molecule has 2 aliphatic heterocycles. The highest BCUT2D eigenvalue weighted by Gasteiger charge is 2.33. The van der Waals surface area contributed by atoms with E-state index in [1.54, 1.807) is 21.7 Å². The van der Waals surface area contributed by atoms with Crippen molar-refractivity contribution in [3.63, 3.8) is 0 Å². The van der Waals surface area contributed by atoms with Crippen LogP contribution in [0.2, 0.25) is 5.02 Å². The van der Waals surface area contributed by atoms with E-state index in [1.165, 1.54) is 6.07 Å². The van der Waals surface area contributed by atoms with Gasteiger partial charge in [0.15, 0.2) is 11.5 Å². The predicted octanol–water partition coefficient (Wildman–Crippen LogP) is 2.76. The van der Waals surface area contributed by atoms with Gasteiger partial charge in [-0.25, -0.2) is 4.39 Å². The molecule has 5 rings (SSSR count). The van der Waals surface area contributed by atoms with Gasteiger partial charge in [0.05, 0.1) is 22.9 Å². The zero-order valence-corrected chi connectivity index (χ0v) is 20.9. The number of hydrogen-bond donors (Lipinski definition) is 0. The van der Waals surface area contributed by atoms with Crippen molar-refractivity contribution in [2.75, 3.05) is 44.2 Å². The molecule has 1 aromatic carbocycles. The Kier molecular flexibility index (Phi) is 6.72. The molecule has 2 fully saturated rings. The number of hydrogen-bond acceptors (Lipinski definition) is 5. The van der Waals surface area contributed by atoms with Crippen molar-refractivity contribution in [2.45, 2.75) is 51.9 Å². The average molecular weight is 504 g/mol. The number of fused-ring (bicyclic) bond motifs is 1. The third kappa shape index (κ3) is 4.76. The summed E-state index contributed by atoms with van der Waals surface area (Å²) in [6.07, 6.45) is 2.56. The Balaban J connectivity index is 1.26. The normalized spacial score (nSPS) is 22.5. The molecule has 0 radical (unpaired) electrons. The van der Waals surface area contributed by atoms with E-state index in [9.17, 15) is 14.0 Å². The molecule has 3 heterocycles. The van der Waals surface area contributed by atoms with Crippen molar-refractivity contribution in [2.24, 2.45) is 0 Å². The zero-order chi connectivity index (χ0) is 24.7. The summed E-state index contributed by atoms with van der Waals surface area (Å²) in [5.74, 6) is -0.545. The number of ether oxygens (including phenoxy) is 1. The van der Waals surface area contributed by atoms with E-state index in [-0.39, 0.29) is 35.6 Å². The molecule has 1 aliphatic carbocycles. The van der Waals surface area contributed by atoms with Gasteiger partial charge >= 0.3 is 0 Å². The number of anilines is 1. The van der Waals surface area contributed by atoms with Crippen LogP contribution in [0.25, 0.3) is 0 Å². The highest BCUT2D eigenvalue weighted by Crippen LogP contribution is 2.28. The fourth-order valence-electron chi connectivity index (χ4n) is 5.47. The summed E-state index contributed by atoms with van der Waals surface area (Å²) in [6, 6.07) is 4.97. The number of carbonyl (C=O) groups is 2. The second-order valence-electron chi connectivity index (χ2n) is 9.69. The molecule has 2 amide bonds. The first-order chi connectivity index (χ1) is 16.8. The topological polar surface area (TPSA) is 70.9 Å². The van der Waals surface area contributed by atoms with E-state index in [1.807, 2.05) is 23.6 Å². The highest BCUT2D eigenvalue weighted by atomic mass is 35.5. The first kappa shape index (κ1) is 24.1. The van der Waals surface area contributed by atoms with Crippen LogP contribution in [0.15, 0.2) is 18.2 Å². The molecule has 8 nitrogen and oxygen atoms in total. The van der Waals surface area contributed by atoms with Crippen LogP contribution in [-0.4, -0.2) is 82.9 Å². The Hall–Kier alpha value is -2.65. The van der Waals surface area contributed by atoms with Gasteiger partial charge in [0.2, 0.25) is 5.91 Å². The summed E-state index contributed by atoms with van der Waals surface area (Å²) in [7, 11) is 0. The lowest BCUT2D eigenvalue weighted by molar-refractivity contribution is -0.132. The maximum absolute atomic E-state index is 14.4. The first-order valence-electron chi connectivity index (χ1n) is 12.3. The summed E-state index contributed by atoms with van der Waals surface area (Å²) >= 11 is 5.93. The van der Waals surface area contributed by atoms with Gasteiger partial charge in [0.25, 0.3) is 5.91 Å². The molecule has 0 unspecified atom stereocenters. The van der Waals surface area contributed by atoms with Crippen molar-refractivity contribution in [3.8, 4) is 0 Å². The minimum Gasteiger partial charge on any atom is -0.372 e. The number of aromatic nitrogens is 2. The Bertz CT molecular complexity index is 1120. The van der Waals surface area contributed by atoms with Gasteiger partial charge in [-0.05, 0) is 45.2 Å². The molecule has 0 spiro atoms.